The average Bonchev–Trinajstić information content (AvgIpc) is 3.25. The topological polar surface area (TPSA) is 37.4 Å². The molecule has 0 atom stereocenters. The molecule has 0 N–H and O–H groups in total. The molecule has 98 valence electrons. The highest BCUT2D eigenvalue weighted by molar-refractivity contribution is 6.30. The number of amides is 2. The van der Waals surface area contributed by atoms with E-state index in [1.165, 1.54) is 35.5 Å². The van der Waals surface area contributed by atoms with Crippen LogP contribution in [0.5, 0.6) is 0 Å². The van der Waals surface area contributed by atoms with E-state index in [-0.39, 0.29) is 11.8 Å². The van der Waals surface area contributed by atoms with Crippen LogP contribution in [-0.2, 0) is 9.59 Å². The largest absolute Gasteiger partial charge is 0.269 e. The summed E-state index contributed by atoms with van der Waals surface area (Å²) in [6.45, 7) is 0. The van der Waals surface area contributed by atoms with E-state index in [1.54, 1.807) is 0 Å². The molecule has 0 bridgehead atoms. The molecule has 20 heavy (non-hydrogen) atoms. The maximum Gasteiger partial charge on any atom is 0.258 e. The second-order valence-electron chi connectivity index (χ2n) is 5.34. The third-order valence-corrected chi connectivity index (χ3v) is 4.00. The molecule has 1 aliphatic heterocycles. The normalized spacial score (nSPS) is 18.3. The van der Waals surface area contributed by atoms with Crippen LogP contribution in [-0.4, -0.2) is 11.8 Å². The molecule has 0 aromatic heterocycles. The van der Waals surface area contributed by atoms with Crippen molar-refractivity contribution in [3.8, 4) is 0 Å². The summed E-state index contributed by atoms with van der Waals surface area (Å²) in [4.78, 5) is 25.0. The van der Waals surface area contributed by atoms with Gasteiger partial charge in [-0.15, -0.1) is 0 Å². The van der Waals surface area contributed by atoms with Crippen LogP contribution in [0, 0.1) is 0 Å². The first-order chi connectivity index (χ1) is 9.75. The number of carbonyl (C=O) groups excluding carboxylic acids is 2. The van der Waals surface area contributed by atoms with Crippen molar-refractivity contribution < 1.29 is 9.59 Å². The van der Waals surface area contributed by atoms with Crippen molar-refractivity contribution in [2.75, 3.05) is 4.90 Å². The van der Waals surface area contributed by atoms with Gasteiger partial charge in [-0.25, -0.2) is 4.90 Å². The first-order valence-electron chi connectivity index (χ1n) is 6.83. The van der Waals surface area contributed by atoms with Gasteiger partial charge in [0.25, 0.3) is 11.8 Å². The van der Waals surface area contributed by atoms with E-state index in [2.05, 4.69) is 12.1 Å². The number of fused-ring (bicyclic) bond motifs is 1. The Hall–Kier alpha value is -2.42. The molecule has 3 heteroatoms. The van der Waals surface area contributed by atoms with Crippen LogP contribution in [0.4, 0.5) is 5.69 Å². The molecular formula is C17H13NO2. The van der Waals surface area contributed by atoms with Crippen LogP contribution in [0.3, 0.4) is 0 Å². The molecule has 3 nitrogen and oxygen atoms in total. The molecular weight excluding hydrogens is 250 g/mol. The highest BCUT2D eigenvalue weighted by Crippen LogP contribution is 2.44. The maximum absolute atomic E-state index is 11.9. The number of anilines is 1. The lowest BCUT2D eigenvalue weighted by Gasteiger charge is -2.18. The lowest BCUT2D eigenvalue weighted by molar-refractivity contribution is -0.119. The Morgan fingerprint density at radius 3 is 2.15 bits per heavy atom. The van der Waals surface area contributed by atoms with Crippen molar-refractivity contribution >= 4 is 28.3 Å². The van der Waals surface area contributed by atoms with E-state index < -0.39 is 0 Å². The minimum atomic E-state index is -0.265. The third-order valence-electron chi connectivity index (χ3n) is 4.00. The highest BCUT2D eigenvalue weighted by atomic mass is 16.2. The predicted molar refractivity (Wildman–Crippen MR) is 77.6 cm³/mol. The highest BCUT2D eigenvalue weighted by Gasteiger charge is 2.29. The Bertz CT molecular complexity index is 754. The van der Waals surface area contributed by atoms with Gasteiger partial charge in [-0.3, -0.25) is 9.59 Å². The summed E-state index contributed by atoms with van der Waals surface area (Å²) in [6, 6.07) is 12.0. The van der Waals surface area contributed by atoms with E-state index in [1.807, 2.05) is 24.3 Å². The number of rotatable bonds is 2. The third kappa shape index (κ3) is 1.59. The molecule has 1 aliphatic carbocycles. The molecule has 2 aliphatic rings. The Balaban J connectivity index is 1.95. The van der Waals surface area contributed by atoms with Crippen molar-refractivity contribution in [2.24, 2.45) is 0 Å². The van der Waals surface area contributed by atoms with Crippen molar-refractivity contribution in [3.05, 3.63) is 54.1 Å². The van der Waals surface area contributed by atoms with E-state index in [0.717, 1.165) is 10.8 Å². The van der Waals surface area contributed by atoms with Gasteiger partial charge in [0.1, 0.15) is 0 Å². The molecule has 1 saturated carbocycles. The van der Waals surface area contributed by atoms with Gasteiger partial charge in [0.2, 0.25) is 0 Å². The van der Waals surface area contributed by atoms with Crippen molar-refractivity contribution in [2.45, 2.75) is 18.8 Å². The second-order valence-corrected chi connectivity index (χ2v) is 5.34. The number of hydrogen-bond acceptors (Lipinski definition) is 2. The van der Waals surface area contributed by atoms with E-state index in [4.69, 9.17) is 0 Å². The molecule has 0 spiro atoms. The van der Waals surface area contributed by atoms with Crippen LogP contribution in [0.25, 0.3) is 10.8 Å². The number of nitrogens with zero attached hydrogens (tertiary/aromatic N) is 1. The smallest absolute Gasteiger partial charge is 0.258 e. The average molecular weight is 263 g/mol. The summed E-state index contributed by atoms with van der Waals surface area (Å²) in [5.74, 6) is 0.107. The van der Waals surface area contributed by atoms with Crippen LogP contribution >= 0.6 is 0 Å². The fourth-order valence-corrected chi connectivity index (χ4v) is 2.89. The maximum atomic E-state index is 11.9. The summed E-state index contributed by atoms with van der Waals surface area (Å²) >= 11 is 0. The Morgan fingerprint density at radius 1 is 0.850 bits per heavy atom. The SMILES string of the molecule is O=C1C=CC(=O)N1c1ccc(C2CC2)c2ccccc12. The predicted octanol–water partition coefficient (Wildman–Crippen LogP) is 3.15. The van der Waals surface area contributed by atoms with Gasteiger partial charge in [0.15, 0.2) is 0 Å². The van der Waals surface area contributed by atoms with Gasteiger partial charge in [-0.1, -0.05) is 30.3 Å². The lowest BCUT2D eigenvalue weighted by atomic mass is 9.99. The van der Waals surface area contributed by atoms with Crippen LogP contribution in [0.15, 0.2) is 48.6 Å². The van der Waals surface area contributed by atoms with Crippen LogP contribution in [0.1, 0.15) is 24.3 Å². The lowest BCUT2D eigenvalue weighted by Crippen LogP contribution is -2.29. The zero-order valence-electron chi connectivity index (χ0n) is 10.9. The standard InChI is InChI=1S/C17H13NO2/c19-16-9-10-17(20)18(16)15-8-7-12(11-5-6-11)13-3-1-2-4-14(13)15/h1-4,7-11H,5-6H2. The van der Waals surface area contributed by atoms with Gasteiger partial charge in [0, 0.05) is 17.5 Å². The fraction of sp³-hybridized carbons (Fsp3) is 0.176. The van der Waals surface area contributed by atoms with Gasteiger partial charge >= 0.3 is 0 Å². The number of carbonyl (C=O) groups is 2. The monoisotopic (exact) mass is 263 g/mol. The van der Waals surface area contributed by atoms with E-state index in [0.29, 0.717) is 11.6 Å². The van der Waals surface area contributed by atoms with Crippen molar-refractivity contribution in [3.63, 3.8) is 0 Å². The summed E-state index contributed by atoms with van der Waals surface area (Å²) < 4.78 is 0. The molecule has 0 unspecified atom stereocenters. The molecule has 0 radical (unpaired) electrons. The van der Waals surface area contributed by atoms with Crippen LogP contribution < -0.4 is 4.90 Å². The quantitative estimate of drug-likeness (QED) is 0.780. The number of imide groups is 1. The summed E-state index contributed by atoms with van der Waals surface area (Å²) in [5.41, 5.74) is 2.02. The summed E-state index contributed by atoms with van der Waals surface area (Å²) in [6.07, 6.45) is 5.11. The van der Waals surface area contributed by atoms with Crippen molar-refractivity contribution in [1.82, 2.24) is 0 Å². The molecule has 1 fully saturated rings. The molecule has 0 saturated heterocycles. The molecule has 2 amide bonds. The molecule has 2 aromatic rings. The van der Waals surface area contributed by atoms with Gasteiger partial charge < -0.3 is 0 Å². The minimum Gasteiger partial charge on any atom is -0.269 e. The second kappa shape index (κ2) is 4.04. The van der Waals surface area contributed by atoms with Gasteiger partial charge in [-0.2, -0.15) is 0 Å². The Kier molecular flexibility index (Phi) is 2.30. The zero-order valence-corrected chi connectivity index (χ0v) is 10.9. The zero-order chi connectivity index (χ0) is 13.7. The minimum absolute atomic E-state index is 0.265. The summed E-state index contributed by atoms with van der Waals surface area (Å²) in [7, 11) is 0. The molecule has 2 aromatic carbocycles. The Morgan fingerprint density at radius 2 is 1.50 bits per heavy atom. The van der Waals surface area contributed by atoms with Crippen LogP contribution in [0.2, 0.25) is 0 Å². The van der Waals surface area contributed by atoms with E-state index in [9.17, 15) is 9.59 Å². The molecule has 1 heterocycles. The first kappa shape index (κ1) is 11.4. The van der Waals surface area contributed by atoms with E-state index >= 15 is 0 Å². The Labute approximate surface area is 116 Å². The van der Waals surface area contributed by atoms with Gasteiger partial charge in [-0.05, 0) is 35.8 Å². The number of benzene rings is 2. The number of hydrogen-bond donors (Lipinski definition) is 0. The first-order valence-corrected chi connectivity index (χ1v) is 6.83. The summed E-state index contributed by atoms with van der Waals surface area (Å²) in [5, 5.41) is 2.13. The fourth-order valence-electron chi connectivity index (χ4n) is 2.89. The van der Waals surface area contributed by atoms with Crippen molar-refractivity contribution in [1.29, 1.82) is 0 Å². The molecule has 4 rings (SSSR count). The van der Waals surface area contributed by atoms with Gasteiger partial charge in [0.05, 0.1) is 5.69 Å².